The lowest BCUT2D eigenvalue weighted by Gasteiger charge is -1.97. The summed E-state index contributed by atoms with van der Waals surface area (Å²) < 4.78 is 9.50. The van der Waals surface area contributed by atoms with Gasteiger partial charge in [0.15, 0.2) is 0 Å². The van der Waals surface area contributed by atoms with Gasteiger partial charge in [-0.1, -0.05) is 36.4 Å². The highest BCUT2D eigenvalue weighted by atomic mass is 16.5. The van der Waals surface area contributed by atoms with Gasteiger partial charge in [0.05, 0.1) is 6.61 Å². The number of ether oxygens (including phenoxy) is 2. The summed E-state index contributed by atoms with van der Waals surface area (Å²) in [5.74, 6) is -1.13. The predicted octanol–water partition coefficient (Wildman–Crippen LogP) is 2.36. The number of rotatable bonds is 6. The molecule has 0 fully saturated rings. The predicted molar refractivity (Wildman–Crippen MR) is 72.2 cm³/mol. The first-order valence-corrected chi connectivity index (χ1v) is 5.95. The lowest BCUT2D eigenvalue weighted by atomic mass is 10.2. The molecule has 1 rings (SSSR count). The average Bonchev–Trinajstić information content (AvgIpc) is 2.43. The first kappa shape index (κ1) is 14.7. The van der Waals surface area contributed by atoms with Crippen molar-refractivity contribution in [2.75, 3.05) is 13.2 Å². The highest BCUT2D eigenvalue weighted by Gasteiger charge is 1.98. The van der Waals surface area contributed by atoms with E-state index < -0.39 is 11.9 Å². The van der Waals surface area contributed by atoms with Crippen LogP contribution < -0.4 is 0 Å². The monoisotopic (exact) mass is 260 g/mol. The molecule has 0 radical (unpaired) electrons. The fraction of sp³-hybridized carbons (Fsp3) is 0.200. The minimum Gasteiger partial charge on any atom is -0.463 e. The van der Waals surface area contributed by atoms with Crippen molar-refractivity contribution in [1.82, 2.24) is 0 Å². The molecule has 0 saturated carbocycles. The molecule has 0 N–H and O–H groups in total. The zero-order valence-corrected chi connectivity index (χ0v) is 10.7. The van der Waals surface area contributed by atoms with Gasteiger partial charge in [-0.15, -0.1) is 0 Å². The van der Waals surface area contributed by atoms with Crippen LogP contribution in [0.25, 0.3) is 6.08 Å². The zero-order valence-electron chi connectivity index (χ0n) is 10.7. The van der Waals surface area contributed by atoms with Crippen LogP contribution in [0.5, 0.6) is 0 Å². The first-order valence-electron chi connectivity index (χ1n) is 5.95. The third kappa shape index (κ3) is 6.83. The maximum Gasteiger partial charge on any atom is 0.331 e. The minimum absolute atomic E-state index is 0.154. The van der Waals surface area contributed by atoms with E-state index in [1.165, 1.54) is 0 Å². The number of benzene rings is 1. The minimum atomic E-state index is -0.578. The Morgan fingerprint density at radius 2 is 1.68 bits per heavy atom. The number of carbonyl (C=O) groups is 2. The van der Waals surface area contributed by atoms with Crippen LogP contribution in [0.3, 0.4) is 0 Å². The molecular formula is C15H16O4. The molecule has 0 aromatic heterocycles. The van der Waals surface area contributed by atoms with E-state index in [1.54, 1.807) is 13.0 Å². The molecule has 0 saturated heterocycles. The van der Waals surface area contributed by atoms with Gasteiger partial charge in [0.2, 0.25) is 0 Å². The van der Waals surface area contributed by atoms with E-state index in [4.69, 9.17) is 4.74 Å². The average molecular weight is 260 g/mol. The van der Waals surface area contributed by atoms with Crippen molar-refractivity contribution >= 4 is 18.0 Å². The van der Waals surface area contributed by atoms with Crippen molar-refractivity contribution in [3.8, 4) is 0 Å². The Morgan fingerprint density at radius 3 is 2.32 bits per heavy atom. The van der Waals surface area contributed by atoms with Gasteiger partial charge in [0, 0.05) is 12.2 Å². The van der Waals surface area contributed by atoms with Crippen molar-refractivity contribution < 1.29 is 19.1 Å². The van der Waals surface area contributed by atoms with Crippen LogP contribution in [0.2, 0.25) is 0 Å². The molecule has 100 valence electrons. The maximum atomic E-state index is 11.2. The molecule has 0 atom stereocenters. The van der Waals surface area contributed by atoms with E-state index in [1.807, 2.05) is 36.4 Å². The van der Waals surface area contributed by atoms with Crippen LogP contribution >= 0.6 is 0 Å². The summed E-state index contributed by atoms with van der Waals surface area (Å²) in [4.78, 5) is 22.1. The second-order valence-corrected chi connectivity index (χ2v) is 3.53. The standard InChI is InChI=1S/C15H16O4/c1-2-18-14(16)10-11-15(17)19-12-6-9-13-7-4-3-5-8-13/h3-11H,2,12H2,1H3. The first-order chi connectivity index (χ1) is 9.22. The fourth-order valence-corrected chi connectivity index (χ4v) is 1.25. The van der Waals surface area contributed by atoms with Gasteiger partial charge >= 0.3 is 11.9 Å². The van der Waals surface area contributed by atoms with Crippen molar-refractivity contribution in [2.45, 2.75) is 6.92 Å². The zero-order chi connectivity index (χ0) is 13.9. The molecule has 0 spiro atoms. The molecule has 19 heavy (non-hydrogen) atoms. The van der Waals surface area contributed by atoms with Crippen LogP contribution in [0, 0.1) is 0 Å². The number of carbonyl (C=O) groups excluding carboxylic acids is 2. The Kier molecular flexibility index (Phi) is 6.72. The summed E-state index contributed by atoms with van der Waals surface area (Å²) in [6.45, 7) is 2.12. The summed E-state index contributed by atoms with van der Waals surface area (Å²) in [5.41, 5.74) is 1.03. The molecule has 0 unspecified atom stereocenters. The number of esters is 2. The van der Waals surface area contributed by atoms with Crippen LogP contribution in [0.15, 0.2) is 48.6 Å². The molecule has 1 aromatic carbocycles. The summed E-state index contributed by atoms with van der Waals surface area (Å²) in [5, 5.41) is 0. The number of hydrogen-bond donors (Lipinski definition) is 0. The van der Waals surface area contributed by atoms with Gasteiger partial charge in [-0.2, -0.15) is 0 Å². The normalized spacial score (nSPS) is 10.8. The van der Waals surface area contributed by atoms with Crippen LogP contribution in [-0.2, 0) is 19.1 Å². The van der Waals surface area contributed by atoms with E-state index in [0.717, 1.165) is 17.7 Å². The third-order valence-corrected chi connectivity index (χ3v) is 2.07. The Labute approximate surface area is 112 Å². The van der Waals surface area contributed by atoms with Crippen LogP contribution in [0.4, 0.5) is 0 Å². The van der Waals surface area contributed by atoms with Gasteiger partial charge < -0.3 is 9.47 Å². The second kappa shape index (κ2) is 8.69. The largest absolute Gasteiger partial charge is 0.463 e. The fourth-order valence-electron chi connectivity index (χ4n) is 1.25. The van der Waals surface area contributed by atoms with E-state index in [0.29, 0.717) is 0 Å². The molecule has 1 aromatic rings. The van der Waals surface area contributed by atoms with E-state index >= 15 is 0 Å². The Bertz CT molecular complexity index is 460. The second-order valence-electron chi connectivity index (χ2n) is 3.53. The summed E-state index contributed by atoms with van der Waals surface area (Å²) in [6.07, 6.45) is 5.68. The molecule has 0 aliphatic rings. The van der Waals surface area contributed by atoms with Gasteiger partial charge in [-0.3, -0.25) is 0 Å². The summed E-state index contributed by atoms with van der Waals surface area (Å²) >= 11 is 0. The highest BCUT2D eigenvalue weighted by molar-refractivity contribution is 5.91. The van der Waals surface area contributed by atoms with Gasteiger partial charge in [-0.25, -0.2) is 9.59 Å². The van der Waals surface area contributed by atoms with E-state index in [9.17, 15) is 9.59 Å². The van der Waals surface area contributed by atoms with Gasteiger partial charge in [0.25, 0.3) is 0 Å². The van der Waals surface area contributed by atoms with Crippen molar-refractivity contribution in [3.63, 3.8) is 0 Å². The van der Waals surface area contributed by atoms with Crippen molar-refractivity contribution in [1.29, 1.82) is 0 Å². The van der Waals surface area contributed by atoms with Crippen molar-refractivity contribution in [2.24, 2.45) is 0 Å². The molecule has 4 nitrogen and oxygen atoms in total. The Morgan fingerprint density at radius 1 is 1.05 bits per heavy atom. The lowest BCUT2D eigenvalue weighted by Crippen LogP contribution is -2.04. The van der Waals surface area contributed by atoms with Crippen LogP contribution in [-0.4, -0.2) is 25.2 Å². The van der Waals surface area contributed by atoms with Gasteiger partial charge in [0.1, 0.15) is 6.61 Å². The highest BCUT2D eigenvalue weighted by Crippen LogP contribution is 2.00. The number of hydrogen-bond acceptors (Lipinski definition) is 4. The summed E-state index contributed by atoms with van der Waals surface area (Å²) in [6, 6.07) is 9.66. The quantitative estimate of drug-likeness (QED) is 0.582. The molecule has 0 aliphatic carbocycles. The lowest BCUT2D eigenvalue weighted by molar-refractivity contribution is -0.139. The smallest absolute Gasteiger partial charge is 0.331 e. The van der Waals surface area contributed by atoms with Gasteiger partial charge in [-0.05, 0) is 18.6 Å². The molecule has 0 heterocycles. The third-order valence-electron chi connectivity index (χ3n) is 2.07. The topological polar surface area (TPSA) is 52.6 Å². The summed E-state index contributed by atoms with van der Waals surface area (Å²) in [7, 11) is 0. The molecule has 0 aliphatic heterocycles. The van der Waals surface area contributed by atoms with Crippen LogP contribution in [0.1, 0.15) is 12.5 Å². The molecule has 0 bridgehead atoms. The van der Waals surface area contributed by atoms with Crippen molar-refractivity contribution in [3.05, 3.63) is 54.1 Å². The molecule has 0 amide bonds. The van der Waals surface area contributed by atoms with E-state index in [2.05, 4.69) is 4.74 Å². The molecular weight excluding hydrogens is 244 g/mol. The maximum absolute atomic E-state index is 11.2. The molecule has 4 heteroatoms. The Hall–Kier alpha value is -2.36. The Balaban J connectivity index is 2.27. The SMILES string of the molecule is CCOC(=O)C=CC(=O)OCC=Cc1ccccc1. The van der Waals surface area contributed by atoms with E-state index in [-0.39, 0.29) is 13.2 Å².